The van der Waals surface area contributed by atoms with Gasteiger partial charge in [-0.05, 0) is 55.6 Å². The maximum absolute atomic E-state index is 11.6. The zero-order chi connectivity index (χ0) is 21.7. The Kier molecular flexibility index (Phi) is 6.96. The van der Waals surface area contributed by atoms with E-state index in [9.17, 15) is 8.42 Å². The van der Waals surface area contributed by atoms with Gasteiger partial charge in [-0.25, -0.2) is 8.42 Å². The van der Waals surface area contributed by atoms with Gasteiger partial charge in [0, 0.05) is 30.9 Å². The monoisotopic (exact) mass is 443 g/mol. The molecule has 0 saturated carbocycles. The van der Waals surface area contributed by atoms with E-state index in [1.54, 1.807) is 6.07 Å². The number of sulfonamides is 1. The second-order valence-electron chi connectivity index (χ2n) is 8.85. The quantitative estimate of drug-likeness (QED) is 0.713. The highest BCUT2D eigenvalue weighted by molar-refractivity contribution is 7.92. The number of nitrogens with one attached hydrogen (secondary N) is 1. The van der Waals surface area contributed by atoms with E-state index in [0.29, 0.717) is 5.69 Å². The minimum atomic E-state index is -3.27. The van der Waals surface area contributed by atoms with E-state index in [1.807, 2.05) is 12.1 Å². The van der Waals surface area contributed by atoms with Crippen molar-refractivity contribution in [3.8, 4) is 0 Å². The third-order valence-electron chi connectivity index (χ3n) is 6.50. The summed E-state index contributed by atoms with van der Waals surface area (Å²) in [6.07, 6.45) is 4.47. The molecular formula is C24H33N3O3S. The van der Waals surface area contributed by atoms with Gasteiger partial charge < -0.3 is 9.64 Å². The minimum absolute atomic E-state index is 0.0712. The molecule has 0 amide bonds. The van der Waals surface area contributed by atoms with Crippen LogP contribution in [0.25, 0.3) is 0 Å². The molecule has 7 heteroatoms. The number of morpholine rings is 1. The lowest BCUT2D eigenvalue weighted by molar-refractivity contribution is -0.0987. The Morgan fingerprint density at radius 3 is 2.48 bits per heavy atom. The predicted molar refractivity (Wildman–Crippen MR) is 125 cm³/mol. The molecule has 2 aromatic carbocycles. The topological polar surface area (TPSA) is 61.9 Å². The fourth-order valence-electron chi connectivity index (χ4n) is 4.77. The SMILES string of the molecule is CS(=O)(=O)Nc1cccc(CN2CCOCC23CCN(CCc2ccccc2)CC3)c1. The highest BCUT2D eigenvalue weighted by atomic mass is 32.2. The number of anilines is 1. The Bertz CT molecular complexity index is 957. The summed E-state index contributed by atoms with van der Waals surface area (Å²) in [6, 6.07) is 18.4. The van der Waals surface area contributed by atoms with Crippen LogP contribution < -0.4 is 4.72 Å². The van der Waals surface area contributed by atoms with Crippen molar-refractivity contribution in [1.29, 1.82) is 0 Å². The lowest BCUT2D eigenvalue weighted by atomic mass is 9.84. The van der Waals surface area contributed by atoms with Gasteiger partial charge in [0.2, 0.25) is 10.0 Å². The van der Waals surface area contributed by atoms with Crippen molar-refractivity contribution in [3.05, 3.63) is 65.7 Å². The molecule has 31 heavy (non-hydrogen) atoms. The van der Waals surface area contributed by atoms with Gasteiger partial charge in [0.1, 0.15) is 0 Å². The van der Waals surface area contributed by atoms with E-state index < -0.39 is 10.0 Å². The van der Waals surface area contributed by atoms with Gasteiger partial charge in [-0.15, -0.1) is 0 Å². The van der Waals surface area contributed by atoms with E-state index in [4.69, 9.17) is 4.74 Å². The molecule has 2 fully saturated rings. The minimum Gasteiger partial charge on any atom is -0.378 e. The smallest absolute Gasteiger partial charge is 0.229 e. The maximum Gasteiger partial charge on any atom is 0.229 e. The van der Waals surface area contributed by atoms with Gasteiger partial charge in [0.15, 0.2) is 0 Å². The molecule has 2 heterocycles. The standard InChI is InChI=1S/C24H33N3O3S/c1-31(28,29)25-23-9-5-8-22(18-23)19-27-16-17-30-20-24(27)11-14-26(15-12-24)13-10-21-6-3-2-4-7-21/h2-9,18,25H,10-17,19-20H2,1H3. The summed E-state index contributed by atoms with van der Waals surface area (Å²) < 4.78 is 31.7. The Hall–Kier alpha value is -1.93. The third kappa shape index (κ3) is 6.07. The van der Waals surface area contributed by atoms with Crippen LogP contribution in [0.5, 0.6) is 0 Å². The van der Waals surface area contributed by atoms with Crippen LogP contribution in [0.1, 0.15) is 24.0 Å². The van der Waals surface area contributed by atoms with Crippen LogP contribution in [-0.4, -0.2) is 69.4 Å². The molecule has 0 unspecified atom stereocenters. The molecule has 6 nitrogen and oxygen atoms in total. The molecule has 0 bridgehead atoms. The molecule has 2 aliphatic heterocycles. The number of rotatable bonds is 7. The van der Waals surface area contributed by atoms with Crippen molar-refractivity contribution < 1.29 is 13.2 Å². The second-order valence-corrected chi connectivity index (χ2v) is 10.6. The second kappa shape index (κ2) is 9.69. The van der Waals surface area contributed by atoms with Crippen LogP contribution in [0.2, 0.25) is 0 Å². The molecule has 168 valence electrons. The first kappa shape index (κ1) is 22.3. The highest BCUT2D eigenvalue weighted by Gasteiger charge is 2.42. The molecule has 0 radical (unpaired) electrons. The van der Waals surface area contributed by atoms with E-state index >= 15 is 0 Å². The van der Waals surface area contributed by atoms with E-state index in [-0.39, 0.29) is 5.54 Å². The molecule has 1 spiro atoms. The fraction of sp³-hybridized carbons (Fsp3) is 0.500. The maximum atomic E-state index is 11.6. The first-order chi connectivity index (χ1) is 14.9. The van der Waals surface area contributed by atoms with E-state index in [2.05, 4.69) is 50.9 Å². The van der Waals surface area contributed by atoms with Gasteiger partial charge in [-0.2, -0.15) is 0 Å². The Morgan fingerprint density at radius 2 is 1.74 bits per heavy atom. The van der Waals surface area contributed by atoms with Gasteiger partial charge >= 0.3 is 0 Å². The van der Waals surface area contributed by atoms with E-state index in [1.165, 1.54) is 11.8 Å². The molecule has 0 aromatic heterocycles. The van der Waals surface area contributed by atoms with Crippen molar-refractivity contribution in [2.45, 2.75) is 31.3 Å². The Labute approximate surface area is 186 Å². The van der Waals surface area contributed by atoms with E-state index in [0.717, 1.165) is 70.8 Å². The summed E-state index contributed by atoms with van der Waals surface area (Å²) in [5.41, 5.74) is 3.22. The lowest BCUT2D eigenvalue weighted by Crippen LogP contribution is -2.61. The third-order valence-corrected chi connectivity index (χ3v) is 7.10. The average molecular weight is 444 g/mol. The highest BCUT2D eigenvalue weighted by Crippen LogP contribution is 2.33. The summed E-state index contributed by atoms with van der Waals surface area (Å²) in [7, 11) is -3.27. The van der Waals surface area contributed by atoms with Crippen molar-refractivity contribution >= 4 is 15.7 Å². The molecule has 2 saturated heterocycles. The summed E-state index contributed by atoms with van der Waals surface area (Å²) in [5, 5.41) is 0. The predicted octanol–water partition coefficient (Wildman–Crippen LogP) is 2.97. The molecule has 0 aliphatic carbocycles. The fourth-order valence-corrected chi connectivity index (χ4v) is 5.32. The summed E-state index contributed by atoms with van der Waals surface area (Å²) >= 11 is 0. The van der Waals surface area contributed by atoms with Crippen LogP contribution in [0, 0.1) is 0 Å². The molecule has 2 aliphatic rings. The van der Waals surface area contributed by atoms with Crippen LogP contribution in [-0.2, 0) is 27.7 Å². The molecular weight excluding hydrogens is 410 g/mol. The van der Waals surface area contributed by atoms with Gasteiger partial charge in [-0.1, -0.05) is 42.5 Å². The lowest BCUT2D eigenvalue weighted by Gasteiger charge is -2.51. The average Bonchev–Trinajstić information content (AvgIpc) is 2.75. The zero-order valence-corrected chi connectivity index (χ0v) is 19.1. The Morgan fingerprint density at radius 1 is 1.00 bits per heavy atom. The van der Waals surface area contributed by atoms with Crippen LogP contribution in [0.15, 0.2) is 54.6 Å². The van der Waals surface area contributed by atoms with Crippen LogP contribution in [0.4, 0.5) is 5.69 Å². The number of hydrogen-bond acceptors (Lipinski definition) is 5. The largest absolute Gasteiger partial charge is 0.378 e. The number of likely N-dealkylation sites (tertiary alicyclic amines) is 1. The molecule has 1 N–H and O–H groups in total. The number of piperidine rings is 1. The molecule has 4 rings (SSSR count). The van der Waals surface area contributed by atoms with Crippen molar-refractivity contribution in [2.75, 3.05) is 50.4 Å². The van der Waals surface area contributed by atoms with Crippen molar-refractivity contribution in [3.63, 3.8) is 0 Å². The van der Waals surface area contributed by atoms with Gasteiger partial charge in [0.25, 0.3) is 0 Å². The molecule has 0 atom stereocenters. The van der Waals surface area contributed by atoms with Gasteiger partial charge in [-0.3, -0.25) is 9.62 Å². The van der Waals surface area contributed by atoms with Crippen molar-refractivity contribution in [1.82, 2.24) is 9.80 Å². The first-order valence-electron chi connectivity index (χ1n) is 11.1. The van der Waals surface area contributed by atoms with Crippen LogP contribution in [0.3, 0.4) is 0 Å². The number of ether oxygens (including phenoxy) is 1. The Balaban J connectivity index is 1.37. The number of benzene rings is 2. The number of hydrogen-bond donors (Lipinski definition) is 1. The van der Waals surface area contributed by atoms with Gasteiger partial charge in [0.05, 0.1) is 19.5 Å². The number of nitrogens with zero attached hydrogens (tertiary/aromatic N) is 2. The van der Waals surface area contributed by atoms with Crippen molar-refractivity contribution in [2.24, 2.45) is 0 Å². The summed E-state index contributed by atoms with van der Waals surface area (Å²) in [4.78, 5) is 5.13. The summed E-state index contributed by atoms with van der Waals surface area (Å²) in [6.45, 7) is 6.52. The first-order valence-corrected chi connectivity index (χ1v) is 13.0. The molecule has 2 aromatic rings. The zero-order valence-electron chi connectivity index (χ0n) is 18.3. The van der Waals surface area contributed by atoms with Crippen LogP contribution >= 0.6 is 0 Å². The normalized spacial score (nSPS) is 20.0. The summed E-state index contributed by atoms with van der Waals surface area (Å²) in [5.74, 6) is 0.